The van der Waals surface area contributed by atoms with Crippen LogP contribution in [0.2, 0.25) is 0 Å². The number of halogens is 3. The van der Waals surface area contributed by atoms with Crippen LogP contribution in [0.4, 0.5) is 13.2 Å². The first-order chi connectivity index (χ1) is 16.1. The molecule has 1 aromatic carbocycles. The lowest BCUT2D eigenvalue weighted by Crippen LogP contribution is -2.26. The molecule has 0 unspecified atom stereocenters. The Hall–Kier alpha value is -3.28. The summed E-state index contributed by atoms with van der Waals surface area (Å²) in [6, 6.07) is 5.72. The summed E-state index contributed by atoms with van der Waals surface area (Å²) in [6.45, 7) is 2.32. The molecule has 8 nitrogen and oxygen atoms in total. The lowest BCUT2D eigenvalue weighted by Gasteiger charge is -2.16. The van der Waals surface area contributed by atoms with E-state index in [1.54, 1.807) is 34.8 Å². The van der Waals surface area contributed by atoms with E-state index in [1.807, 2.05) is 20.2 Å². The van der Waals surface area contributed by atoms with Crippen molar-refractivity contribution in [3.8, 4) is 22.8 Å². The van der Waals surface area contributed by atoms with E-state index >= 15 is 0 Å². The van der Waals surface area contributed by atoms with E-state index in [1.165, 1.54) is 0 Å². The molecule has 0 fully saturated rings. The van der Waals surface area contributed by atoms with Crippen LogP contribution in [-0.2, 0) is 24.6 Å². The van der Waals surface area contributed by atoms with E-state index in [-0.39, 0.29) is 35.7 Å². The number of carbonyl (C=O) groups is 1. The van der Waals surface area contributed by atoms with Gasteiger partial charge >= 0.3 is 6.18 Å². The first kappa shape index (κ1) is 23.9. The molecular formula is C22H22F3N5O3S. The number of hydrogen-bond acceptors (Lipinski definition) is 7. The van der Waals surface area contributed by atoms with Crippen LogP contribution in [0.25, 0.3) is 11.3 Å². The van der Waals surface area contributed by atoms with Crippen LogP contribution >= 0.6 is 11.8 Å². The molecular weight excluding hydrogens is 471 g/mol. The number of amides is 1. The molecule has 180 valence electrons. The minimum absolute atomic E-state index is 0.0546. The summed E-state index contributed by atoms with van der Waals surface area (Å²) in [5.41, 5.74) is 1.28. The molecule has 0 saturated carbocycles. The van der Waals surface area contributed by atoms with Crippen molar-refractivity contribution in [1.29, 1.82) is 0 Å². The quantitative estimate of drug-likeness (QED) is 0.362. The summed E-state index contributed by atoms with van der Waals surface area (Å²) in [5, 5.41) is 4.20. The van der Waals surface area contributed by atoms with Crippen LogP contribution in [0, 0.1) is 6.92 Å². The van der Waals surface area contributed by atoms with Crippen LogP contribution < -0.4 is 9.47 Å². The molecule has 0 saturated heterocycles. The van der Waals surface area contributed by atoms with Gasteiger partial charge in [0.05, 0.1) is 11.4 Å². The normalized spacial score (nSPS) is 12.8. The van der Waals surface area contributed by atoms with E-state index in [2.05, 4.69) is 15.1 Å². The SMILES string of the molecule is Cc1nn(C)cc1CN(C)C(=O)CCSc1nc(-c2ccc3c(c2)OCO3)cc(C(F)(F)F)n1. The predicted octanol–water partition coefficient (Wildman–Crippen LogP) is 4.07. The minimum Gasteiger partial charge on any atom is -0.454 e. The van der Waals surface area contributed by atoms with Gasteiger partial charge in [0.1, 0.15) is 5.69 Å². The van der Waals surface area contributed by atoms with Gasteiger partial charge in [-0.1, -0.05) is 11.8 Å². The fourth-order valence-electron chi connectivity index (χ4n) is 3.41. The standard InChI is InChI=1S/C22H22F3N5O3S/c1-13-15(11-30(3)28-13)10-29(2)20(31)6-7-34-21-26-16(9-19(27-21)22(23,24)25)14-4-5-17-18(8-14)33-12-32-17/h4-5,8-9,11H,6-7,10,12H2,1-3H3. The van der Waals surface area contributed by atoms with Gasteiger partial charge in [0.25, 0.3) is 0 Å². The number of thioether (sulfide) groups is 1. The number of nitrogens with zero attached hydrogens (tertiary/aromatic N) is 5. The second kappa shape index (κ2) is 9.53. The van der Waals surface area contributed by atoms with E-state index in [0.717, 1.165) is 29.1 Å². The number of aromatic nitrogens is 4. The van der Waals surface area contributed by atoms with Crippen LogP contribution in [0.1, 0.15) is 23.4 Å². The third-order valence-corrected chi connectivity index (χ3v) is 6.01. The first-order valence-electron chi connectivity index (χ1n) is 10.3. The van der Waals surface area contributed by atoms with Gasteiger partial charge in [0.2, 0.25) is 12.7 Å². The van der Waals surface area contributed by atoms with Crippen LogP contribution in [0.5, 0.6) is 11.5 Å². The Morgan fingerprint density at radius 3 is 2.68 bits per heavy atom. The molecule has 12 heteroatoms. The number of aryl methyl sites for hydroxylation is 2. The Labute approximate surface area is 198 Å². The number of hydrogen-bond donors (Lipinski definition) is 0. The van der Waals surface area contributed by atoms with Crippen molar-refractivity contribution in [3.05, 3.63) is 47.4 Å². The fraction of sp³-hybridized carbons (Fsp3) is 0.364. The molecule has 0 spiro atoms. The highest BCUT2D eigenvalue weighted by atomic mass is 32.2. The maximum Gasteiger partial charge on any atom is 0.433 e. The van der Waals surface area contributed by atoms with Crippen LogP contribution in [0.3, 0.4) is 0 Å². The van der Waals surface area contributed by atoms with E-state index < -0.39 is 11.9 Å². The summed E-state index contributed by atoms with van der Waals surface area (Å²) < 4.78 is 52.7. The molecule has 0 N–H and O–H groups in total. The fourth-order valence-corrected chi connectivity index (χ4v) is 4.19. The lowest BCUT2D eigenvalue weighted by atomic mass is 10.1. The Balaban J connectivity index is 1.45. The van der Waals surface area contributed by atoms with Gasteiger partial charge in [0, 0.05) is 50.1 Å². The topological polar surface area (TPSA) is 82.4 Å². The molecule has 3 heterocycles. The van der Waals surface area contributed by atoms with Crippen molar-refractivity contribution < 1.29 is 27.4 Å². The highest BCUT2D eigenvalue weighted by Crippen LogP contribution is 2.37. The maximum absolute atomic E-state index is 13.5. The molecule has 3 aromatic rings. The van der Waals surface area contributed by atoms with Gasteiger partial charge in [-0.25, -0.2) is 9.97 Å². The Kier molecular flexibility index (Phi) is 6.69. The summed E-state index contributed by atoms with van der Waals surface area (Å²) in [5.74, 6) is 1.06. The van der Waals surface area contributed by atoms with E-state index in [4.69, 9.17) is 9.47 Å². The average molecular weight is 494 g/mol. The first-order valence-corrected chi connectivity index (χ1v) is 11.3. The molecule has 1 aliphatic rings. The number of ether oxygens (including phenoxy) is 2. The molecule has 1 amide bonds. The largest absolute Gasteiger partial charge is 0.454 e. The molecule has 34 heavy (non-hydrogen) atoms. The number of alkyl halides is 3. The van der Waals surface area contributed by atoms with E-state index in [9.17, 15) is 18.0 Å². The third-order valence-electron chi connectivity index (χ3n) is 5.16. The highest BCUT2D eigenvalue weighted by molar-refractivity contribution is 7.99. The molecule has 0 bridgehead atoms. The monoisotopic (exact) mass is 493 g/mol. The van der Waals surface area contributed by atoms with Gasteiger partial charge in [-0.15, -0.1) is 0 Å². The smallest absolute Gasteiger partial charge is 0.433 e. The number of benzene rings is 1. The number of rotatable bonds is 7. The molecule has 4 rings (SSSR count). The predicted molar refractivity (Wildman–Crippen MR) is 118 cm³/mol. The molecule has 1 aliphatic heterocycles. The van der Waals surface area contributed by atoms with Crippen LogP contribution in [-0.4, -0.2) is 50.1 Å². The van der Waals surface area contributed by atoms with Gasteiger partial charge in [-0.2, -0.15) is 18.3 Å². The molecule has 0 aliphatic carbocycles. The summed E-state index contributed by atoms with van der Waals surface area (Å²) in [4.78, 5) is 22.0. The van der Waals surface area contributed by atoms with Crippen molar-refractivity contribution in [2.24, 2.45) is 7.05 Å². The second-order valence-corrected chi connectivity index (χ2v) is 8.81. The van der Waals surface area contributed by atoms with Crippen molar-refractivity contribution in [1.82, 2.24) is 24.6 Å². The Bertz CT molecular complexity index is 1210. The number of carbonyl (C=O) groups excluding carboxylic acids is 1. The number of fused-ring (bicyclic) bond motifs is 1. The molecule has 0 atom stereocenters. The van der Waals surface area contributed by atoms with Crippen molar-refractivity contribution >= 4 is 17.7 Å². The summed E-state index contributed by atoms with van der Waals surface area (Å²) in [7, 11) is 3.49. The third kappa shape index (κ3) is 5.44. The van der Waals surface area contributed by atoms with Gasteiger partial charge < -0.3 is 14.4 Å². The lowest BCUT2D eigenvalue weighted by molar-refractivity contribution is -0.141. The minimum atomic E-state index is -4.64. The average Bonchev–Trinajstić information content (AvgIpc) is 3.37. The van der Waals surface area contributed by atoms with Crippen molar-refractivity contribution in [3.63, 3.8) is 0 Å². The van der Waals surface area contributed by atoms with Crippen molar-refractivity contribution in [2.45, 2.75) is 31.2 Å². The van der Waals surface area contributed by atoms with Crippen molar-refractivity contribution in [2.75, 3.05) is 19.6 Å². The second-order valence-electron chi connectivity index (χ2n) is 7.75. The Morgan fingerprint density at radius 2 is 1.97 bits per heavy atom. The Morgan fingerprint density at radius 1 is 1.21 bits per heavy atom. The zero-order chi connectivity index (χ0) is 24.5. The summed E-state index contributed by atoms with van der Waals surface area (Å²) >= 11 is 1.00. The zero-order valence-electron chi connectivity index (χ0n) is 18.7. The molecule has 2 aromatic heterocycles. The highest BCUT2D eigenvalue weighted by Gasteiger charge is 2.34. The van der Waals surface area contributed by atoms with Gasteiger partial charge in [-0.3, -0.25) is 9.48 Å². The van der Waals surface area contributed by atoms with Gasteiger partial charge in [0.15, 0.2) is 16.7 Å². The summed E-state index contributed by atoms with van der Waals surface area (Å²) in [6.07, 6.45) is -2.66. The van der Waals surface area contributed by atoms with Crippen LogP contribution in [0.15, 0.2) is 35.6 Å². The molecule has 0 radical (unpaired) electrons. The zero-order valence-corrected chi connectivity index (χ0v) is 19.5. The maximum atomic E-state index is 13.5. The van der Waals surface area contributed by atoms with E-state index in [0.29, 0.717) is 23.6 Å². The van der Waals surface area contributed by atoms with Gasteiger partial charge in [-0.05, 0) is 31.2 Å².